The molecule has 0 amide bonds. The molecule has 1 nitrogen and oxygen atoms in total. The Kier molecular flexibility index (Phi) is 9.12. The second kappa shape index (κ2) is 11.3. The average Bonchev–Trinajstić information content (AvgIpc) is 2.75. The highest BCUT2D eigenvalue weighted by molar-refractivity contribution is 7.93. The van der Waals surface area contributed by atoms with E-state index in [1.807, 2.05) is 0 Å². The molecule has 0 heterocycles. The van der Waals surface area contributed by atoms with Crippen LogP contribution in [0.25, 0.3) is 0 Å². The molecule has 0 aromatic heterocycles. The molecular weight excluding hydrogens is 425 g/mol. The first-order valence-corrected chi connectivity index (χ1v) is 11.5. The third-order valence-corrected chi connectivity index (χ3v) is 9.27. The summed E-state index contributed by atoms with van der Waals surface area (Å²) in [6.45, 7) is 8.29. The van der Waals surface area contributed by atoms with Gasteiger partial charge >= 0.3 is 0 Å². The first kappa shape index (κ1) is 22.6. The van der Waals surface area contributed by atoms with Crippen LogP contribution in [0.15, 0.2) is 104 Å². The van der Waals surface area contributed by atoms with E-state index >= 15 is 0 Å². The van der Waals surface area contributed by atoms with Crippen molar-refractivity contribution in [2.75, 3.05) is 13.1 Å². The summed E-state index contributed by atoms with van der Waals surface area (Å²) in [4.78, 5) is 0. The zero-order chi connectivity index (χ0) is 19.0. The van der Waals surface area contributed by atoms with Gasteiger partial charge in [0.2, 0.25) is 0 Å². The van der Waals surface area contributed by atoms with Crippen LogP contribution in [0, 0.1) is 0 Å². The second-order valence-electron chi connectivity index (χ2n) is 6.70. The molecule has 0 atom stereocenters. The van der Waals surface area contributed by atoms with Gasteiger partial charge in [0.25, 0.3) is 0 Å². The van der Waals surface area contributed by atoms with Crippen LogP contribution in [0.3, 0.4) is 0 Å². The Labute approximate surface area is 181 Å². The Morgan fingerprint density at radius 3 is 1.46 bits per heavy atom. The Morgan fingerprint density at radius 1 is 0.750 bits per heavy atom. The molecule has 28 heavy (non-hydrogen) atoms. The number of hydrogen-bond donors (Lipinski definition) is 0. The van der Waals surface area contributed by atoms with Crippen molar-refractivity contribution in [2.45, 2.75) is 19.8 Å². The van der Waals surface area contributed by atoms with Crippen LogP contribution in [0.1, 0.15) is 19.8 Å². The maximum atomic E-state index is 4.08. The zero-order valence-corrected chi connectivity index (χ0v) is 19.0. The van der Waals surface area contributed by atoms with Crippen molar-refractivity contribution in [2.24, 2.45) is 0 Å². The summed E-state index contributed by atoms with van der Waals surface area (Å²) in [5.41, 5.74) is 0. The van der Waals surface area contributed by atoms with Gasteiger partial charge in [-0.25, -0.2) is 0 Å². The van der Waals surface area contributed by atoms with Crippen LogP contribution in [0.2, 0.25) is 0 Å². The standard InChI is InChI=1S/C25H29NP.BrH/c1-3-5-22-26(21-4-2)27(23-15-9-6-10-16-23,24-17-11-7-12-18-24)25-19-13-8-14-20-25;/h4,6-20H,2-3,5,21-22H2,1H3;1H/q+1;/p-1. The highest BCUT2D eigenvalue weighted by Gasteiger charge is 2.50. The van der Waals surface area contributed by atoms with E-state index < -0.39 is 7.41 Å². The Hall–Kier alpha value is -1.73. The summed E-state index contributed by atoms with van der Waals surface area (Å²) < 4.78 is 2.68. The summed E-state index contributed by atoms with van der Waals surface area (Å²) >= 11 is 0. The van der Waals surface area contributed by atoms with E-state index in [0.29, 0.717) is 0 Å². The monoisotopic (exact) mass is 453 g/mol. The highest BCUT2D eigenvalue weighted by atomic mass is 79.9. The molecule has 0 unspecified atom stereocenters. The summed E-state index contributed by atoms with van der Waals surface area (Å²) in [6.07, 6.45) is 4.42. The molecule has 3 rings (SSSR count). The zero-order valence-electron chi connectivity index (χ0n) is 16.5. The average molecular weight is 454 g/mol. The van der Waals surface area contributed by atoms with Gasteiger partial charge in [-0.05, 0) is 42.8 Å². The fraction of sp³-hybridized carbons (Fsp3) is 0.200. The fourth-order valence-corrected chi connectivity index (χ4v) is 8.21. The van der Waals surface area contributed by atoms with Gasteiger partial charge in [0.15, 0.2) is 7.41 Å². The lowest BCUT2D eigenvalue weighted by molar-refractivity contribution is -0.00000540. The number of rotatable bonds is 9. The van der Waals surface area contributed by atoms with Gasteiger partial charge in [0, 0.05) is 6.54 Å². The van der Waals surface area contributed by atoms with E-state index in [0.717, 1.165) is 13.1 Å². The van der Waals surface area contributed by atoms with Gasteiger partial charge < -0.3 is 17.0 Å². The largest absolute Gasteiger partial charge is 1.00 e. The molecule has 0 aliphatic carbocycles. The van der Waals surface area contributed by atoms with Crippen molar-refractivity contribution in [3.8, 4) is 0 Å². The quantitative estimate of drug-likeness (QED) is 0.354. The first-order chi connectivity index (χ1) is 13.3. The SMILES string of the molecule is C=CCN(CCCC)[P+](c1ccccc1)(c1ccccc1)c1ccccc1.[Br-]. The van der Waals surface area contributed by atoms with Crippen LogP contribution >= 0.6 is 7.41 Å². The van der Waals surface area contributed by atoms with E-state index in [-0.39, 0.29) is 17.0 Å². The van der Waals surface area contributed by atoms with Gasteiger partial charge in [0.1, 0.15) is 15.9 Å². The molecule has 0 aliphatic heterocycles. The third kappa shape index (κ3) is 4.63. The van der Waals surface area contributed by atoms with E-state index in [9.17, 15) is 0 Å². The highest BCUT2D eigenvalue weighted by Crippen LogP contribution is 2.58. The molecule has 3 aromatic carbocycles. The molecule has 0 aliphatic rings. The van der Waals surface area contributed by atoms with E-state index in [1.54, 1.807) is 0 Å². The lowest BCUT2D eigenvalue weighted by Gasteiger charge is -2.36. The van der Waals surface area contributed by atoms with Crippen molar-refractivity contribution in [3.05, 3.63) is 104 Å². The molecule has 146 valence electrons. The Morgan fingerprint density at radius 2 is 1.14 bits per heavy atom. The lowest BCUT2D eigenvalue weighted by atomic mass is 10.3. The van der Waals surface area contributed by atoms with Crippen molar-refractivity contribution in [1.82, 2.24) is 4.67 Å². The van der Waals surface area contributed by atoms with E-state index in [1.165, 1.54) is 28.8 Å². The molecule has 3 aromatic rings. The number of hydrogen-bond acceptors (Lipinski definition) is 1. The van der Waals surface area contributed by atoms with Crippen molar-refractivity contribution in [3.63, 3.8) is 0 Å². The molecule has 0 saturated carbocycles. The van der Waals surface area contributed by atoms with Crippen LogP contribution in [0.5, 0.6) is 0 Å². The van der Waals surface area contributed by atoms with Crippen LogP contribution in [0.4, 0.5) is 0 Å². The maximum absolute atomic E-state index is 4.08. The molecular formula is C25H29BrNP. The van der Waals surface area contributed by atoms with E-state index in [2.05, 4.69) is 115 Å². The van der Waals surface area contributed by atoms with Gasteiger partial charge in [-0.3, -0.25) is 0 Å². The lowest BCUT2D eigenvalue weighted by Crippen LogP contribution is -3.00. The predicted octanol–water partition coefficient (Wildman–Crippen LogP) is 2.19. The molecule has 0 N–H and O–H groups in total. The van der Waals surface area contributed by atoms with E-state index in [4.69, 9.17) is 0 Å². The maximum Gasteiger partial charge on any atom is 0.181 e. The summed E-state index contributed by atoms with van der Waals surface area (Å²) in [6, 6.07) is 33.1. The number of unbranched alkanes of at least 4 members (excludes halogenated alkanes) is 1. The van der Waals surface area contributed by atoms with Crippen molar-refractivity contribution < 1.29 is 17.0 Å². The van der Waals surface area contributed by atoms with Gasteiger partial charge in [-0.2, -0.15) is 4.67 Å². The van der Waals surface area contributed by atoms with Crippen LogP contribution in [-0.2, 0) is 0 Å². The second-order valence-corrected chi connectivity index (χ2v) is 10.1. The predicted molar refractivity (Wildman–Crippen MR) is 122 cm³/mol. The molecule has 0 spiro atoms. The normalized spacial score (nSPS) is 11.1. The minimum absolute atomic E-state index is 0. The van der Waals surface area contributed by atoms with Crippen molar-refractivity contribution >= 4 is 23.3 Å². The van der Waals surface area contributed by atoms with Crippen molar-refractivity contribution in [1.29, 1.82) is 0 Å². The smallest absolute Gasteiger partial charge is 0.181 e. The summed E-state index contributed by atoms with van der Waals surface area (Å²) in [7, 11) is -1.95. The third-order valence-electron chi connectivity index (χ3n) is 4.92. The van der Waals surface area contributed by atoms with Crippen LogP contribution in [-0.4, -0.2) is 17.8 Å². The molecule has 0 fully saturated rings. The topological polar surface area (TPSA) is 3.24 Å². The summed E-state index contributed by atoms with van der Waals surface area (Å²) in [5, 5.41) is 4.21. The van der Waals surface area contributed by atoms with Gasteiger partial charge in [-0.15, -0.1) is 6.58 Å². The number of nitrogens with zero attached hydrogens (tertiary/aromatic N) is 1. The molecule has 0 radical (unpaired) electrons. The van der Waals surface area contributed by atoms with Gasteiger partial charge in [-0.1, -0.05) is 74.0 Å². The number of halogens is 1. The number of benzene rings is 3. The van der Waals surface area contributed by atoms with Gasteiger partial charge in [0.05, 0.1) is 6.54 Å². The fourth-order valence-electron chi connectivity index (χ4n) is 3.72. The van der Waals surface area contributed by atoms with Crippen LogP contribution < -0.4 is 32.9 Å². The Balaban J connectivity index is 0.00000280. The first-order valence-electron chi connectivity index (χ1n) is 9.76. The summed E-state index contributed by atoms with van der Waals surface area (Å²) in [5.74, 6) is 0. The molecule has 0 saturated heterocycles. The molecule has 0 bridgehead atoms. The minimum atomic E-state index is -1.95. The molecule has 3 heteroatoms. The Bertz CT molecular complexity index is 724. The minimum Gasteiger partial charge on any atom is -1.00 e.